The van der Waals surface area contributed by atoms with E-state index in [4.69, 9.17) is 0 Å². The summed E-state index contributed by atoms with van der Waals surface area (Å²) in [7, 11) is 0. The van der Waals surface area contributed by atoms with E-state index in [0.717, 1.165) is 10.9 Å². The summed E-state index contributed by atoms with van der Waals surface area (Å²) >= 11 is 7.38. The maximum absolute atomic E-state index is 3.73. The zero-order valence-corrected chi connectivity index (χ0v) is 19.5. The summed E-state index contributed by atoms with van der Waals surface area (Å²) in [6, 6.07) is 13.3. The smallest absolute Gasteiger partial charge is 0.0250 e. The maximum Gasteiger partial charge on any atom is 0.0250 e. The van der Waals surface area contributed by atoms with Crippen molar-refractivity contribution in [2.24, 2.45) is 0 Å². The Labute approximate surface area is 184 Å². The fraction of sp³-hybridized carbons (Fsp3) is 0.231. The molecule has 0 saturated heterocycles. The Kier molecular flexibility index (Phi) is 4.41. The number of fused-ring (bicyclic) bond motifs is 3. The van der Waals surface area contributed by atoms with Gasteiger partial charge in [0.1, 0.15) is 0 Å². The van der Waals surface area contributed by atoms with Crippen LogP contribution < -0.4 is 0 Å². The molecule has 0 bridgehead atoms. The number of rotatable bonds is 2. The Morgan fingerprint density at radius 2 is 1.75 bits per heavy atom. The van der Waals surface area contributed by atoms with Crippen molar-refractivity contribution in [1.29, 1.82) is 0 Å². The third-order valence-corrected chi connectivity index (χ3v) is 7.74. The predicted octanol–water partition coefficient (Wildman–Crippen LogP) is 8.56. The molecule has 0 heterocycles. The first-order chi connectivity index (χ1) is 13.4. The van der Waals surface area contributed by atoms with Gasteiger partial charge >= 0.3 is 0 Å². The van der Waals surface area contributed by atoms with Gasteiger partial charge in [0.25, 0.3) is 0 Å². The molecule has 0 amide bonds. The van der Waals surface area contributed by atoms with Gasteiger partial charge in [-0.15, -0.1) is 0 Å². The largest absolute Gasteiger partial charge is 0.0648 e. The van der Waals surface area contributed by atoms with E-state index in [0.29, 0.717) is 11.8 Å². The second-order valence-electron chi connectivity index (χ2n) is 8.20. The van der Waals surface area contributed by atoms with Crippen molar-refractivity contribution < 1.29 is 0 Å². The summed E-state index contributed by atoms with van der Waals surface area (Å²) < 4.78 is 2.35. The Morgan fingerprint density at radius 1 is 0.929 bits per heavy atom. The standard InChI is InChI=1S/C26H22Br2/c1-14-9-23-16(3)19-8-7-18(27)11-17(19)12-24(23)22(14)13-21-15(2)10-25-20(21)5-4-6-26(25)28/h4-12,16,21H,13H2,1-3H3. The van der Waals surface area contributed by atoms with Crippen molar-refractivity contribution in [2.45, 2.75) is 39.0 Å². The summed E-state index contributed by atoms with van der Waals surface area (Å²) in [4.78, 5) is 0. The molecule has 0 spiro atoms. The summed E-state index contributed by atoms with van der Waals surface area (Å²) in [6.07, 6.45) is 8.26. The monoisotopic (exact) mass is 492 g/mol. The van der Waals surface area contributed by atoms with E-state index in [1.165, 1.54) is 54.6 Å². The normalized spacial score (nSPS) is 22.4. The van der Waals surface area contributed by atoms with Gasteiger partial charge in [0, 0.05) is 20.8 Å². The highest BCUT2D eigenvalue weighted by atomic mass is 79.9. The molecular weight excluding hydrogens is 472 g/mol. The van der Waals surface area contributed by atoms with Gasteiger partial charge in [0.15, 0.2) is 0 Å². The number of halogens is 2. The molecule has 28 heavy (non-hydrogen) atoms. The lowest BCUT2D eigenvalue weighted by Crippen LogP contribution is -2.09. The molecular formula is C26H22Br2. The van der Waals surface area contributed by atoms with Gasteiger partial charge in [-0.1, -0.05) is 74.7 Å². The van der Waals surface area contributed by atoms with E-state index in [-0.39, 0.29) is 0 Å². The molecule has 0 radical (unpaired) electrons. The van der Waals surface area contributed by atoms with Crippen LogP contribution in [0.3, 0.4) is 0 Å². The minimum Gasteiger partial charge on any atom is -0.0648 e. The van der Waals surface area contributed by atoms with Crippen molar-refractivity contribution in [3.05, 3.63) is 102 Å². The molecule has 2 atom stereocenters. The summed E-state index contributed by atoms with van der Waals surface area (Å²) in [6.45, 7) is 6.90. The van der Waals surface area contributed by atoms with E-state index in [1.807, 2.05) is 0 Å². The van der Waals surface area contributed by atoms with E-state index in [2.05, 4.69) is 107 Å². The van der Waals surface area contributed by atoms with Crippen LogP contribution in [-0.4, -0.2) is 0 Å². The number of allylic oxidation sites excluding steroid dienone is 6. The number of hydrogen-bond acceptors (Lipinski definition) is 0. The molecule has 0 saturated carbocycles. The summed E-state index contributed by atoms with van der Waals surface area (Å²) in [5.74, 6) is 0.905. The minimum atomic E-state index is 0.442. The lowest BCUT2D eigenvalue weighted by atomic mass is 9.78. The second-order valence-corrected chi connectivity index (χ2v) is 9.97. The summed E-state index contributed by atoms with van der Waals surface area (Å²) in [5, 5.41) is 0. The van der Waals surface area contributed by atoms with Crippen molar-refractivity contribution in [3.63, 3.8) is 0 Å². The van der Waals surface area contributed by atoms with Gasteiger partial charge < -0.3 is 0 Å². The molecule has 2 heteroatoms. The van der Waals surface area contributed by atoms with Crippen molar-refractivity contribution in [1.82, 2.24) is 0 Å². The van der Waals surface area contributed by atoms with Crippen LogP contribution in [-0.2, 0) is 0 Å². The molecule has 2 unspecified atom stereocenters. The molecule has 0 N–H and O–H groups in total. The zero-order valence-electron chi connectivity index (χ0n) is 16.3. The molecule has 3 aliphatic carbocycles. The highest BCUT2D eigenvalue weighted by molar-refractivity contribution is 9.10. The van der Waals surface area contributed by atoms with Crippen molar-refractivity contribution in [2.75, 3.05) is 0 Å². The average molecular weight is 494 g/mol. The van der Waals surface area contributed by atoms with Crippen LogP contribution in [0.5, 0.6) is 0 Å². The van der Waals surface area contributed by atoms with Crippen molar-refractivity contribution in [3.8, 4) is 0 Å². The van der Waals surface area contributed by atoms with Crippen LogP contribution in [0.4, 0.5) is 0 Å². The molecule has 2 aromatic carbocycles. The molecule has 140 valence electrons. The van der Waals surface area contributed by atoms with E-state index >= 15 is 0 Å². The van der Waals surface area contributed by atoms with Crippen LogP contribution in [0, 0.1) is 0 Å². The van der Waals surface area contributed by atoms with E-state index < -0.39 is 0 Å². The van der Waals surface area contributed by atoms with Crippen LogP contribution in [0.15, 0.2) is 79.3 Å². The SMILES string of the molecule is CC1=Cc2c(Br)cccc2C1CC1=C(C)C=C2C1=Cc1cc(Br)ccc1C2C. The van der Waals surface area contributed by atoms with Gasteiger partial charge in [-0.05, 0) is 89.1 Å². The Morgan fingerprint density at radius 3 is 2.57 bits per heavy atom. The van der Waals surface area contributed by atoms with Gasteiger partial charge in [0.2, 0.25) is 0 Å². The quantitative estimate of drug-likeness (QED) is 0.393. The first kappa shape index (κ1) is 18.4. The van der Waals surface area contributed by atoms with Crippen LogP contribution in [0.25, 0.3) is 12.2 Å². The topological polar surface area (TPSA) is 0 Å². The zero-order chi connectivity index (χ0) is 19.6. The third kappa shape index (κ3) is 2.76. The highest BCUT2D eigenvalue weighted by Crippen LogP contribution is 2.50. The Hall–Kier alpha value is -1.64. The molecule has 0 nitrogen and oxygen atoms in total. The minimum absolute atomic E-state index is 0.442. The average Bonchev–Trinajstić information content (AvgIpc) is 3.14. The lowest BCUT2D eigenvalue weighted by molar-refractivity contribution is 0.793. The first-order valence-corrected chi connectivity index (χ1v) is 11.4. The first-order valence-electron chi connectivity index (χ1n) is 9.84. The molecule has 0 aromatic heterocycles. The van der Waals surface area contributed by atoms with Crippen LogP contribution >= 0.6 is 31.9 Å². The predicted molar refractivity (Wildman–Crippen MR) is 126 cm³/mol. The molecule has 5 rings (SSSR count). The van der Waals surface area contributed by atoms with Gasteiger partial charge in [-0.3, -0.25) is 0 Å². The van der Waals surface area contributed by atoms with Gasteiger partial charge in [-0.2, -0.15) is 0 Å². The molecule has 0 fully saturated rings. The van der Waals surface area contributed by atoms with E-state index in [9.17, 15) is 0 Å². The maximum atomic E-state index is 3.73. The fourth-order valence-electron chi connectivity index (χ4n) is 5.03. The molecule has 2 aromatic rings. The Bertz CT molecular complexity index is 1140. The fourth-order valence-corrected chi connectivity index (χ4v) is 5.91. The van der Waals surface area contributed by atoms with E-state index in [1.54, 1.807) is 0 Å². The third-order valence-electron chi connectivity index (χ3n) is 6.56. The second kappa shape index (κ2) is 6.71. The Balaban J connectivity index is 1.56. The van der Waals surface area contributed by atoms with Gasteiger partial charge in [0.05, 0.1) is 0 Å². The molecule has 3 aliphatic rings. The highest BCUT2D eigenvalue weighted by Gasteiger charge is 2.32. The van der Waals surface area contributed by atoms with Crippen molar-refractivity contribution >= 4 is 44.0 Å². The van der Waals surface area contributed by atoms with Crippen LogP contribution in [0.2, 0.25) is 0 Å². The van der Waals surface area contributed by atoms with Crippen LogP contribution in [0.1, 0.15) is 61.3 Å². The molecule has 0 aliphatic heterocycles. The summed E-state index contributed by atoms with van der Waals surface area (Å²) in [5.41, 5.74) is 12.9. The number of benzene rings is 2. The number of hydrogen-bond donors (Lipinski definition) is 0. The lowest BCUT2D eigenvalue weighted by Gasteiger charge is -2.26. The van der Waals surface area contributed by atoms with Gasteiger partial charge in [-0.25, -0.2) is 0 Å².